The molecule has 0 heterocycles. The topological polar surface area (TPSA) is 35.4 Å². The molecule has 0 amide bonds. The van der Waals surface area contributed by atoms with Crippen LogP contribution in [0.25, 0.3) is 0 Å². The van der Waals surface area contributed by atoms with Gasteiger partial charge < -0.3 is 4.55 Å². The van der Waals surface area contributed by atoms with E-state index in [-0.39, 0.29) is 10.2 Å². The largest absolute Gasteiger partial charge is 0.591 e. The molecule has 2 aliphatic carbocycles. The Morgan fingerprint density at radius 2 is 1.81 bits per heavy atom. The summed E-state index contributed by atoms with van der Waals surface area (Å²) in [5, 5.41) is 0. The molecule has 2 saturated carbocycles. The first kappa shape index (κ1) is 12.4. The smallest absolute Gasteiger partial charge is 0.144 e. The zero-order chi connectivity index (χ0) is 12.0. The first-order valence-electron chi connectivity index (χ1n) is 5.91. The fourth-order valence-electron chi connectivity index (χ4n) is 2.67. The van der Waals surface area contributed by atoms with E-state index in [1.54, 1.807) is 6.21 Å². The SMILES string of the molecule is CC(C)(C)[S@@+]([O-])/N=C\C12CCC(F)(CC1)C2. The third kappa shape index (κ3) is 2.28. The molecule has 2 aliphatic rings. The van der Waals surface area contributed by atoms with E-state index >= 15 is 0 Å². The lowest BCUT2D eigenvalue weighted by Crippen LogP contribution is -2.27. The second-order valence-electron chi connectivity index (χ2n) is 6.29. The lowest BCUT2D eigenvalue weighted by molar-refractivity contribution is 0.176. The van der Waals surface area contributed by atoms with Crippen molar-refractivity contribution in [1.29, 1.82) is 0 Å². The van der Waals surface area contributed by atoms with Crippen molar-refractivity contribution in [2.45, 2.75) is 63.3 Å². The molecule has 0 saturated heterocycles. The number of hydrogen-bond acceptors (Lipinski definition) is 2. The van der Waals surface area contributed by atoms with Crippen LogP contribution in [0.2, 0.25) is 0 Å². The summed E-state index contributed by atoms with van der Waals surface area (Å²) in [6.07, 6.45) is 5.43. The fraction of sp³-hybridized carbons (Fsp3) is 0.917. The molecule has 0 aliphatic heterocycles. The first-order valence-corrected chi connectivity index (χ1v) is 7.02. The maximum Gasteiger partial charge on any atom is 0.144 e. The quantitative estimate of drug-likeness (QED) is 0.543. The van der Waals surface area contributed by atoms with E-state index < -0.39 is 17.0 Å². The van der Waals surface area contributed by atoms with Crippen LogP contribution in [0.3, 0.4) is 0 Å². The minimum absolute atomic E-state index is 0.0876. The van der Waals surface area contributed by atoms with Gasteiger partial charge in [0, 0.05) is 5.41 Å². The summed E-state index contributed by atoms with van der Waals surface area (Å²) in [5.74, 6) is 0. The van der Waals surface area contributed by atoms with Crippen LogP contribution < -0.4 is 0 Å². The second kappa shape index (κ2) is 3.70. The molecule has 2 bridgehead atoms. The first-order chi connectivity index (χ1) is 7.25. The molecule has 0 N–H and O–H groups in total. The molecule has 92 valence electrons. The minimum Gasteiger partial charge on any atom is -0.591 e. The van der Waals surface area contributed by atoms with Gasteiger partial charge in [-0.05, 0) is 52.9 Å². The molecule has 0 radical (unpaired) electrons. The summed E-state index contributed by atoms with van der Waals surface area (Å²) in [6.45, 7) is 5.71. The van der Waals surface area contributed by atoms with Crippen LogP contribution in [0.15, 0.2) is 4.40 Å². The highest BCUT2D eigenvalue weighted by atomic mass is 32.2. The number of rotatable bonds is 2. The fourth-order valence-corrected chi connectivity index (χ4v) is 3.31. The molecular formula is C12H20FNOS. The van der Waals surface area contributed by atoms with Gasteiger partial charge in [-0.2, -0.15) is 0 Å². The van der Waals surface area contributed by atoms with Gasteiger partial charge >= 0.3 is 0 Å². The van der Waals surface area contributed by atoms with Gasteiger partial charge in [-0.15, -0.1) is 0 Å². The van der Waals surface area contributed by atoms with Gasteiger partial charge in [0.25, 0.3) is 0 Å². The monoisotopic (exact) mass is 245 g/mol. The van der Waals surface area contributed by atoms with Gasteiger partial charge in [0.1, 0.15) is 21.8 Å². The van der Waals surface area contributed by atoms with Crippen LogP contribution >= 0.6 is 0 Å². The zero-order valence-electron chi connectivity index (χ0n) is 10.3. The van der Waals surface area contributed by atoms with E-state index in [0.717, 1.165) is 12.8 Å². The van der Waals surface area contributed by atoms with E-state index in [1.165, 1.54) is 0 Å². The molecule has 2 nitrogen and oxygen atoms in total. The second-order valence-corrected chi connectivity index (χ2v) is 8.22. The molecule has 0 aromatic heterocycles. The number of alkyl halides is 1. The Morgan fingerprint density at radius 1 is 1.25 bits per heavy atom. The maximum absolute atomic E-state index is 13.9. The van der Waals surface area contributed by atoms with E-state index in [4.69, 9.17) is 0 Å². The molecule has 0 spiro atoms. The molecular weight excluding hydrogens is 225 g/mol. The summed E-state index contributed by atoms with van der Waals surface area (Å²) in [6, 6.07) is 0. The van der Waals surface area contributed by atoms with Gasteiger partial charge in [-0.1, -0.05) is 4.40 Å². The van der Waals surface area contributed by atoms with Crippen LogP contribution in [-0.2, 0) is 11.4 Å². The van der Waals surface area contributed by atoms with Crippen molar-refractivity contribution < 1.29 is 8.94 Å². The van der Waals surface area contributed by atoms with Crippen molar-refractivity contribution in [3.8, 4) is 0 Å². The molecule has 0 aromatic carbocycles. The van der Waals surface area contributed by atoms with Gasteiger partial charge in [0.15, 0.2) is 0 Å². The van der Waals surface area contributed by atoms with Crippen LogP contribution in [0.5, 0.6) is 0 Å². The standard InChI is InChI=1S/C12H20FNOS/c1-10(2,3)16(15)14-9-11-4-6-12(13,8-11)7-5-11/h9H,4-8H2,1-3H3/b14-9-/t11?,12?,16-/m1/s1. The van der Waals surface area contributed by atoms with Crippen molar-refractivity contribution in [2.24, 2.45) is 9.81 Å². The summed E-state index contributed by atoms with van der Waals surface area (Å²) >= 11 is -1.21. The van der Waals surface area contributed by atoms with Gasteiger partial charge in [0.2, 0.25) is 0 Å². The summed E-state index contributed by atoms with van der Waals surface area (Å²) in [5.41, 5.74) is -1.04. The molecule has 16 heavy (non-hydrogen) atoms. The molecule has 2 rings (SSSR count). The highest BCUT2D eigenvalue weighted by molar-refractivity contribution is 7.91. The maximum atomic E-state index is 13.9. The van der Waals surface area contributed by atoms with E-state index in [0.29, 0.717) is 19.3 Å². The van der Waals surface area contributed by atoms with Crippen molar-refractivity contribution >= 4 is 17.6 Å². The van der Waals surface area contributed by atoms with E-state index in [9.17, 15) is 8.94 Å². The van der Waals surface area contributed by atoms with Gasteiger partial charge in [-0.3, -0.25) is 0 Å². The summed E-state index contributed by atoms with van der Waals surface area (Å²) in [7, 11) is 0. The average Bonchev–Trinajstić information content (AvgIpc) is 2.67. The third-order valence-corrected chi connectivity index (χ3v) is 5.10. The Hall–Kier alpha value is -0.0900. The minimum atomic E-state index is -1.21. The van der Waals surface area contributed by atoms with Crippen LogP contribution in [-0.4, -0.2) is 21.2 Å². The summed E-state index contributed by atoms with van der Waals surface area (Å²) in [4.78, 5) is 0. The Morgan fingerprint density at radius 3 is 2.19 bits per heavy atom. The van der Waals surface area contributed by atoms with E-state index in [1.807, 2.05) is 20.8 Å². The predicted octanol–water partition coefficient (Wildman–Crippen LogP) is 3.19. The molecule has 4 heteroatoms. The van der Waals surface area contributed by atoms with E-state index in [2.05, 4.69) is 4.40 Å². The number of halogens is 1. The molecule has 1 atom stereocenters. The van der Waals surface area contributed by atoms with Crippen molar-refractivity contribution in [3.63, 3.8) is 0 Å². The van der Waals surface area contributed by atoms with Crippen LogP contribution in [0.4, 0.5) is 4.39 Å². The Labute approximate surface area is 100 Å². The number of nitrogens with zero attached hydrogens (tertiary/aromatic N) is 1. The molecule has 2 fully saturated rings. The highest BCUT2D eigenvalue weighted by Gasteiger charge is 2.54. The Balaban J connectivity index is 2.03. The number of hydrogen-bond donors (Lipinski definition) is 0. The number of fused-ring (bicyclic) bond motifs is 2. The Kier molecular flexibility index (Phi) is 2.86. The van der Waals surface area contributed by atoms with Crippen LogP contribution in [0.1, 0.15) is 52.9 Å². The van der Waals surface area contributed by atoms with Gasteiger partial charge in [0.05, 0.1) is 6.21 Å². The average molecular weight is 245 g/mol. The summed E-state index contributed by atoms with van der Waals surface area (Å²) < 4.78 is 29.6. The van der Waals surface area contributed by atoms with Crippen LogP contribution in [0, 0.1) is 5.41 Å². The van der Waals surface area contributed by atoms with Crippen molar-refractivity contribution in [2.75, 3.05) is 0 Å². The normalized spacial score (nSPS) is 40.8. The predicted molar refractivity (Wildman–Crippen MR) is 65.7 cm³/mol. The lowest BCUT2D eigenvalue weighted by atomic mass is 9.86. The zero-order valence-corrected chi connectivity index (χ0v) is 11.1. The highest BCUT2D eigenvalue weighted by Crippen LogP contribution is 2.57. The lowest BCUT2D eigenvalue weighted by Gasteiger charge is -2.22. The third-order valence-electron chi connectivity index (χ3n) is 3.76. The van der Waals surface area contributed by atoms with Crippen molar-refractivity contribution in [3.05, 3.63) is 0 Å². The Bertz CT molecular complexity index is 303. The molecule has 0 unspecified atom stereocenters. The van der Waals surface area contributed by atoms with Gasteiger partial charge in [-0.25, -0.2) is 4.39 Å². The molecule has 0 aromatic rings. The van der Waals surface area contributed by atoms with Crippen molar-refractivity contribution in [1.82, 2.24) is 0 Å².